The first kappa shape index (κ1) is 15.9. The predicted molar refractivity (Wildman–Crippen MR) is 97.6 cm³/mol. The van der Waals surface area contributed by atoms with Gasteiger partial charge in [-0.3, -0.25) is 4.79 Å². The van der Waals surface area contributed by atoms with Crippen LogP contribution in [0.15, 0.2) is 54.6 Å². The molecule has 4 nitrogen and oxygen atoms in total. The molecular formula is C19H16FN3OS. The molecule has 1 aliphatic rings. The molecule has 0 unspecified atom stereocenters. The summed E-state index contributed by atoms with van der Waals surface area (Å²) in [4.78, 5) is 12.2. The van der Waals surface area contributed by atoms with E-state index in [-0.39, 0.29) is 22.7 Å². The minimum atomic E-state index is -0.285. The van der Waals surface area contributed by atoms with Crippen molar-refractivity contribution in [3.63, 3.8) is 0 Å². The molecule has 0 saturated heterocycles. The van der Waals surface area contributed by atoms with Gasteiger partial charge in [-0.1, -0.05) is 36.4 Å². The van der Waals surface area contributed by atoms with Gasteiger partial charge in [0.15, 0.2) is 0 Å². The summed E-state index contributed by atoms with van der Waals surface area (Å²) in [6.07, 6.45) is 0. The molecule has 2 heterocycles. The lowest BCUT2D eigenvalue weighted by molar-refractivity contribution is -0.113. The Bertz CT molecular complexity index is 939. The van der Waals surface area contributed by atoms with E-state index in [0.717, 1.165) is 16.9 Å². The summed E-state index contributed by atoms with van der Waals surface area (Å²) in [5.74, 6) is 0.503. The van der Waals surface area contributed by atoms with Gasteiger partial charge in [0.05, 0.1) is 22.4 Å². The molecule has 1 amide bonds. The number of aromatic nitrogens is 2. The molecule has 1 aliphatic heterocycles. The average Bonchev–Trinajstić information content (AvgIpc) is 2.83. The van der Waals surface area contributed by atoms with Crippen LogP contribution in [0.2, 0.25) is 0 Å². The fourth-order valence-electron chi connectivity index (χ4n) is 3.07. The number of benzene rings is 2. The summed E-state index contributed by atoms with van der Waals surface area (Å²) in [5, 5.41) is 7.27. The molecule has 0 bridgehead atoms. The number of anilines is 1. The number of nitrogens with zero attached hydrogens (tertiary/aromatic N) is 2. The Morgan fingerprint density at radius 2 is 1.88 bits per heavy atom. The van der Waals surface area contributed by atoms with Gasteiger partial charge in [0.25, 0.3) is 0 Å². The summed E-state index contributed by atoms with van der Waals surface area (Å²) >= 11 is 1.42. The van der Waals surface area contributed by atoms with Gasteiger partial charge < -0.3 is 5.32 Å². The normalized spacial score (nSPS) is 16.9. The second kappa shape index (κ2) is 6.37. The van der Waals surface area contributed by atoms with Gasteiger partial charge in [0.1, 0.15) is 11.6 Å². The quantitative estimate of drug-likeness (QED) is 0.755. The van der Waals surface area contributed by atoms with Crippen LogP contribution in [0, 0.1) is 12.7 Å². The smallest absolute Gasteiger partial charge is 0.235 e. The number of para-hydroxylation sites is 1. The Hall–Kier alpha value is -2.60. The highest BCUT2D eigenvalue weighted by Gasteiger charge is 2.31. The molecule has 0 saturated carbocycles. The number of carbonyl (C=O) groups excluding carboxylic acids is 1. The molecule has 0 aliphatic carbocycles. The molecular weight excluding hydrogens is 337 g/mol. The van der Waals surface area contributed by atoms with Crippen LogP contribution in [0.3, 0.4) is 0 Å². The molecule has 0 fully saturated rings. The first-order valence-electron chi connectivity index (χ1n) is 7.96. The van der Waals surface area contributed by atoms with Gasteiger partial charge in [-0.2, -0.15) is 5.10 Å². The maximum Gasteiger partial charge on any atom is 0.235 e. The number of thioether (sulfide) groups is 1. The van der Waals surface area contributed by atoms with Crippen molar-refractivity contribution in [3.8, 4) is 5.69 Å². The second-order valence-electron chi connectivity index (χ2n) is 5.86. The Morgan fingerprint density at radius 3 is 2.64 bits per heavy atom. The van der Waals surface area contributed by atoms with E-state index in [2.05, 4.69) is 10.4 Å². The first-order chi connectivity index (χ1) is 12.1. The number of carbonyl (C=O) groups is 1. The highest BCUT2D eigenvalue weighted by molar-refractivity contribution is 8.00. The van der Waals surface area contributed by atoms with Crippen LogP contribution < -0.4 is 5.32 Å². The van der Waals surface area contributed by atoms with Crippen molar-refractivity contribution in [2.75, 3.05) is 11.1 Å². The summed E-state index contributed by atoms with van der Waals surface area (Å²) in [7, 11) is 0. The van der Waals surface area contributed by atoms with Crippen LogP contribution in [0.5, 0.6) is 0 Å². The Labute approximate surface area is 149 Å². The van der Waals surface area contributed by atoms with Crippen molar-refractivity contribution < 1.29 is 9.18 Å². The maximum atomic E-state index is 14.4. The number of rotatable bonds is 2. The fraction of sp³-hybridized carbons (Fsp3) is 0.158. The summed E-state index contributed by atoms with van der Waals surface area (Å²) in [6.45, 7) is 1.89. The highest BCUT2D eigenvalue weighted by Crippen LogP contribution is 2.44. The molecule has 2 aromatic carbocycles. The zero-order chi connectivity index (χ0) is 17.4. The monoisotopic (exact) mass is 353 g/mol. The molecule has 0 spiro atoms. The third-order valence-corrected chi connectivity index (χ3v) is 5.45. The van der Waals surface area contributed by atoms with Crippen molar-refractivity contribution in [1.82, 2.24) is 9.78 Å². The predicted octanol–water partition coefficient (Wildman–Crippen LogP) is 4.09. The van der Waals surface area contributed by atoms with Crippen LogP contribution in [0.25, 0.3) is 5.69 Å². The Kier molecular flexibility index (Phi) is 4.05. The lowest BCUT2D eigenvalue weighted by atomic mass is 10.0. The third-order valence-electron chi connectivity index (χ3n) is 4.20. The minimum absolute atomic E-state index is 0.109. The van der Waals surface area contributed by atoms with Crippen LogP contribution in [-0.2, 0) is 4.79 Å². The number of fused-ring (bicyclic) bond motifs is 1. The highest BCUT2D eigenvalue weighted by atomic mass is 32.2. The molecule has 126 valence electrons. The van der Waals surface area contributed by atoms with Crippen molar-refractivity contribution in [2.45, 2.75) is 12.2 Å². The Morgan fingerprint density at radius 1 is 1.16 bits per heavy atom. The van der Waals surface area contributed by atoms with Crippen LogP contribution in [0.4, 0.5) is 10.2 Å². The summed E-state index contributed by atoms with van der Waals surface area (Å²) in [5.41, 5.74) is 3.05. The van der Waals surface area contributed by atoms with Crippen LogP contribution in [0.1, 0.15) is 22.1 Å². The molecule has 0 radical (unpaired) electrons. The van der Waals surface area contributed by atoms with Crippen molar-refractivity contribution >= 4 is 23.5 Å². The molecule has 1 atom stereocenters. The van der Waals surface area contributed by atoms with Crippen molar-refractivity contribution in [3.05, 3.63) is 77.2 Å². The number of hydrogen-bond donors (Lipinski definition) is 1. The first-order valence-corrected chi connectivity index (χ1v) is 9.01. The maximum absolute atomic E-state index is 14.4. The van der Waals surface area contributed by atoms with E-state index >= 15 is 0 Å². The summed E-state index contributed by atoms with van der Waals surface area (Å²) in [6, 6.07) is 16.3. The number of amides is 1. The lowest BCUT2D eigenvalue weighted by Crippen LogP contribution is -2.15. The van der Waals surface area contributed by atoms with Gasteiger partial charge in [0, 0.05) is 11.1 Å². The van der Waals surface area contributed by atoms with Gasteiger partial charge in [-0.15, -0.1) is 11.8 Å². The van der Waals surface area contributed by atoms with E-state index in [4.69, 9.17) is 0 Å². The lowest BCUT2D eigenvalue weighted by Gasteiger charge is -2.16. The largest absolute Gasteiger partial charge is 0.310 e. The van der Waals surface area contributed by atoms with Crippen molar-refractivity contribution in [2.24, 2.45) is 0 Å². The second-order valence-corrected chi connectivity index (χ2v) is 6.95. The molecule has 25 heavy (non-hydrogen) atoms. The van der Waals surface area contributed by atoms with Gasteiger partial charge >= 0.3 is 0 Å². The Balaban J connectivity index is 1.92. The van der Waals surface area contributed by atoms with E-state index in [0.29, 0.717) is 11.4 Å². The molecule has 1 N–H and O–H groups in total. The van der Waals surface area contributed by atoms with E-state index in [1.807, 2.05) is 43.3 Å². The molecule has 1 aromatic heterocycles. The number of hydrogen-bond acceptors (Lipinski definition) is 3. The SMILES string of the molecule is Cc1nn(-c2ccccc2)c2c1[C@H](c1ccccc1F)SCC(=O)N2. The fourth-order valence-corrected chi connectivity index (χ4v) is 4.28. The number of aryl methyl sites for hydroxylation is 1. The average molecular weight is 353 g/mol. The van der Waals surface area contributed by atoms with Crippen LogP contribution >= 0.6 is 11.8 Å². The van der Waals surface area contributed by atoms with E-state index in [1.54, 1.807) is 16.8 Å². The number of halogens is 1. The van der Waals surface area contributed by atoms with Gasteiger partial charge in [0.2, 0.25) is 5.91 Å². The zero-order valence-electron chi connectivity index (χ0n) is 13.6. The standard InChI is InChI=1S/C19H16FN3OS/c1-12-17-18(14-9-5-6-10-15(14)20)25-11-16(24)21-19(17)23(22-12)13-7-3-2-4-8-13/h2-10,18H,11H2,1H3,(H,21,24)/t18-/m0/s1. The van der Waals surface area contributed by atoms with E-state index in [1.165, 1.54) is 17.8 Å². The van der Waals surface area contributed by atoms with E-state index in [9.17, 15) is 9.18 Å². The molecule has 4 rings (SSSR count). The van der Waals surface area contributed by atoms with Crippen LogP contribution in [-0.4, -0.2) is 21.4 Å². The van der Waals surface area contributed by atoms with E-state index < -0.39 is 0 Å². The van der Waals surface area contributed by atoms with Gasteiger partial charge in [-0.05, 0) is 25.1 Å². The minimum Gasteiger partial charge on any atom is -0.310 e. The zero-order valence-corrected chi connectivity index (χ0v) is 14.4. The van der Waals surface area contributed by atoms with Gasteiger partial charge in [-0.25, -0.2) is 9.07 Å². The summed E-state index contributed by atoms with van der Waals surface area (Å²) < 4.78 is 16.1. The molecule has 6 heteroatoms. The number of nitrogens with one attached hydrogen (secondary N) is 1. The third kappa shape index (κ3) is 2.82. The topological polar surface area (TPSA) is 46.9 Å². The van der Waals surface area contributed by atoms with Crippen molar-refractivity contribution in [1.29, 1.82) is 0 Å². The molecule has 3 aromatic rings.